The molecule has 0 saturated carbocycles. The fourth-order valence-corrected chi connectivity index (χ4v) is 5.80. The number of hydrogen-bond acceptors (Lipinski definition) is 14. The van der Waals surface area contributed by atoms with E-state index in [0.29, 0.717) is 65.2 Å². The summed E-state index contributed by atoms with van der Waals surface area (Å²) in [6, 6.07) is 8.71. The third kappa shape index (κ3) is 14.5. The first-order valence-electron chi connectivity index (χ1n) is 16.7. The van der Waals surface area contributed by atoms with Crippen molar-refractivity contribution in [2.75, 3.05) is 45.1 Å². The van der Waals surface area contributed by atoms with Crippen LogP contribution in [0.3, 0.4) is 0 Å². The second kappa shape index (κ2) is 22.0. The summed E-state index contributed by atoms with van der Waals surface area (Å²) < 4.78 is 50.6. The number of carbonyl (C=O) groups is 2. The predicted molar refractivity (Wildman–Crippen MR) is 189 cm³/mol. The van der Waals surface area contributed by atoms with E-state index in [-0.39, 0.29) is 31.3 Å². The molecule has 0 atom stereocenters. The Morgan fingerprint density at radius 3 is 2.38 bits per heavy atom. The molecule has 16 nitrogen and oxygen atoms in total. The number of aromatic nitrogens is 2. The molecule has 4 rings (SSSR count). The molecule has 3 heterocycles. The molecule has 2 aromatic heterocycles. The minimum atomic E-state index is -4.25. The van der Waals surface area contributed by atoms with Crippen molar-refractivity contribution in [2.45, 2.75) is 51.5 Å². The molecule has 1 aromatic carbocycles. The first kappa shape index (κ1) is 42.3. The minimum Gasteiger partial charge on any atom is -0.748 e. The topological polar surface area (TPSA) is 198 Å². The van der Waals surface area contributed by atoms with Crippen LogP contribution in [0.1, 0.15) is 40.0 Å². The van der Waals surface area contributed by atoms with Crippen molar-refractivity contribution in [1.29, 1.82) is 0 Å². The highest BCUT2D eigenvalue weighted by molar-refractivity contribution is 7.94. The Labute approximate surface area is 307 Å². The van der Waals surface area contributed by atoms with Crippen LogP contribution in [-0.4, -0.2) is 85.0 Å². The third-order valence-corrected chi connectivity index (χ3v) is 9.17. The molecule has 0 saturated heterocycles. The zero-order chi connectivity index (χ0) is 37.9. The number of amides is 2. The van der Waals surface area contributed by atoms with Crippen LogP contribution in [0.25, 0.3) is 22.8 Å². The van der Waals surface area contributed by atoms with Crippen molar-refractivity contribution in [3.05, 3.63) is 73.4 Å². The lowest BCUT2D eigenvalue weighted by molar-refractivity contribution is -0.894. The van der Waals surface area contributed by atoms with E-state index in [1.54, 1.807) is 58.4 Å². The van der Waals surface area contributed by atoms with Crippen LogP contribution in [0.2, 0.25) is 0 Å². The number of allylic oxidation sites excluding steroid dienone is 1. The van der Waals surface area contributed by atoms with E-state index in [0.717, 1.165) is 16.9 Å². The predicted octanol–water partition coefficient (Wildman–Crippen LogP) is 2.71. The Morgan fingerprint density at radius 1 is 1.08 bits per heavy atom. The Morgan fingerprint density at radius 2 is 1.77 bits per heavy atom. The zero-order valence-corrected chi connectivity index (χ0v) is 31.1. The van der Waals surface area contributed by atoms with E-state index < -0.39 is 15.9 Å². The molecule has 0 fully saturated rings. The maximum absolute atomic E-state index is 11.5. The van der Waals surface area contributed by atoms with Gasteiger partial charge >= 0.3 is 0 Å². The number of oxazole rings is 1. The van der Waals surface area contributed by atoms with Crippen molar-refractivity contribution in [3.63, 3.8) is 0 Å². The van der Waals surface area contributed by atoms with Gasteiger partial charge in [0.05, 0.1) is 59.5 Å². The molecule has 0 radical (unpaired) electrons. The zero-order valence-electron chi connectivity index (χ0n) is 29.4. The number of hydroxylamine groups is 1. The highest BCUT2D eigenvalue weighted by Crippen LogP contribution is 2.35. The van der Waals surface area contributed by atoms with Crippen LogP contribution >= 0.6 is 12.0 Å². The molecule has 1 aliphatic rings. The Balaban J connectivity index is 0.000000944. The van der Waals surface area contributed by atoms with E-state index in [9.17, 15) is 22.6 Å². The molecule has 1 aliphatic heterocycles. The minimum absolute atomic E-state index is 0.168. The largest absolute Gasteiger partial charge is 0.748 e. The lowest BCUT2D eigenvalue weighted by Crippen LogP contribution is -3.11. The van der Waals surface area contributed by atoms with Crippen molar-refractivity contribution < 1.29 is 60.6 Å². The van der Waals surface area contributed by atoms with Crippen LogP contribution in [0.5, 0.6) is 5.75 Å². The van der Waals surface area contributed by atoms with Gasteiger partial charge in [-0.2, -0.15) is 5.48 Å². The second-order valence-electron chi connectivity index (χ2n) is 11.3. The molecule has 18 heteroatoms. The Kier molecular flexibility index (Phi) is 17.9. The summed E-state index contributed by atoms with van der Waals surface area (Å²) in [6.45, 7) is 15.4. The first-order valence-corrected chi connectivity index (χ1v) is 19.0. The van der Waals surface area contributed by atoms with Crippen molar-refractivity contribution >= 4 is 34.0 Å². The van der Waals surface area contributed by atoms with Gasteiger partial charge in [0.2, 0.25) is 5.89 Å². The second-order valence-corrected chi connectivity index (χ2v) is 13.6. The molecule has 3 aromatic rings. The normalized spacial score (nSPS) is 12.7. The van der Waals surface area contributed by atoms with E-state index in [1.165, 1.54) is 31.8 Å². The average molecular weight is 765 g/mol. The van der Waals surface area contributed by atoms with Gasteiger partial charge in [0.15, 0.2) is 18.2 Å². The van der Waals surface area contributed by atoms with E-state index in [1.807, 2.05) is 0 Å². The summed E-state index contributed by atoms with van der Waals surface area (Å²) in [5, 5.41) is 12.4. The lowest BCUT2D eigenvalue weighted by atomic mass is 10.2. The molecule has 284 valence electrons. The Bertz CT molecular complexity index is 1710. The summed E-state index contributed by atoms with van der Waals surface area (Å²) in [4.78, 5) is 36.0. The first-order chi connectivity index (χ1) is 25.0. The van der Waals surface area contributed by atoms with Gasteiger partial charge in [-0.1, -0.05) is 11.6 Å². The molecule has 52 heavy (non-hydrogen) atoms. The highest BCUT2D eigenvalue weighted by Gasteiger charge is 2.22. The number of pyridine rings is 1. The SMILES string of the molecule is C=C(CCCOc1ccc(-c2cnc(-c3cc[n+](CCCS(=O)(=O)[O-])cc3)o2)cc1SOOO)ONCCN1C(=O)C=CC1=O.CC[NH+](CC)CC. The number of nitrogens with one attached hydrogen (secondary N) is 2. The Hall–Kier alpha value is -4.14. The number of nitrogens with zero attached hydrogens (tertiary/aromatic N) is 3. The monoisotopic (exact) mass is 764 g/mol. The quantitative estimate of drug-likeness (QED) is 0.0197. The smallest absolute Gasteiger partial charge is 0.253 e. The fourth-order valence-electron chi connectivity index (χ4n) is 4.83. The maximum atomic E-state index is 11.5. The number of quaternary nitrogens is 1. The molecule has 0 unspecified atom stereocenters. The van der Waals surface area contributed by atoms with Gasteiger partial charge < -0.3 is 23.4 Å². The standard InChI is InChI=1S/C28H30N4O11S2.C6H15N/c1-20(41-30-11-15-32-26(33)7-8-27(32)34)4-2-16-39-23-6-5-22(18-25(23)44-43-42-35)24-19-29-28(40-24)21-9-13-31(14-10-21)12-3-17-45(36,37)38;1-4-7(5-2)6-3/h5-10,13-14,18-19,30H,1-4,11-12,15-17H2,(H-,35,36,37,38);4-6H2,1-3H3/p+1. The molecule has 0 aliphatic carbocycles. The van der Waals surface area contributed by atoms with Gasteiger partial charge in [-0.05, 0) is 45.4 Å². The fraction of sp³-hybridized carbons (Fsp3) is 0.412. The van der Waals surface area contributed by atoms with Crippen molar-refractivity contribution in [2.24, 2.45) is 0 Å². The molecule has 3 N–H and O–H groups in total. The van der Waals surface area contributed by atoms with Crippen LogP contribution < -0.4 is 19.7 Å². The van der Waals surface area contributed by atoms with Crippen molar-refractivity contribution in [1.82, 2.24) is 15.4 Å². The molecule has 2 amide bonds. The average Bonchev–Trinajstić information content (AvgIpc) is 3.75. The van der Waals surface area contributed by atoms with Gasteiger partial charge in [0, 0.05) is 67.1 Å². The lowest BCUT2D eigenvalue weighted by Gasteiger charge is -2.15. The van der Waals surface area contributed by atoms with Crippen LogP contribution in [-0.2, 0) is 40.5 Å². The van der Waals surface area contributed by atoms with Gasteiger partial charge in [0.25, 0.3) is 11.8 Å². The van der Waals surface area contributed by atoms with Crippen molar-refractivity contribution in [3.8, 4) is 28.5 Å². The maximum Gasteiger partial charge on any atom is 0.253 e. The summed E-state index contributed by atoms with van der Waals surface area (Å²) >= 11 is 0.729. The van der Waals surface area contributed by atoms with Gasteiger partial charge in [-0.25, -0.2) is 23.2 Å². The van der Waals surface area contributed by atoms with Crippen LogP contribution in [0, 0.1) is 0 Å². The summed E-state index contributed by atoms with van der Waals surface area (Å²) in [5.74, 6) is 0.563. The van der Waals surface area contributed by atoms with E-state index in [4.69, 9.17) is 19.2 Å². The molecule has 0 spiro atoms. The number of hydrogen-bond donors (Lipinski definition) is 3. The molecular formula is C34H46N5O11S2+. The number of rotatable bonds is 22. The third-order valence-electron chi connectivity index (χ3n) is 7.75. The van der Waals surface area contributed by atoms with Gasteiger partial charge in [0.1, 0.15) is 18.1 Å². The summed E-state index contributed by atoms with van der Waals surface area (Å²) in [7, 11) is -4.25. The number of benzene rings is 1. The van der Waals surface area contributed by atoms with E-state index >= 15 is 0 Å². The number of aryl methyl sites for hydroxylation is 1. The van der Waals surface area contributed by atoms with Gasteiger partial charge in [-0.3, -0.25) is 14.5 Å². The number of imide groups is 1. The van der Waals surface area contributed by atoms with Crippen LogP contribution in [0.4, 0.5) is 0 Å². The highest BCUT2D eigenvalue weighted by atomic mass is 32.2. The summed E-state index contributed by atoms with van der Waals surface area (Å²) in [5.41, 5.74) is 4.02. The van der Waals surface area contributed by atoms with Gasteiger partial charge in [-0.15, -0.1) is 4.33 Å². The molecular weight excluding hydrogens is 719 g/mol. The number of carbonyl (C=O) groups excluding carboxylic acids is 2. The van der Waals surface area contributed by atoms with Crippen LogP contribution in [0.15, 0.2) is 82.7 Å². The number of ether oxygens (including phenoxy) is 1. The molecule has 0 bridgehead atoms. The summed E-state index contributed by atoms with van der Waals surface area (Å²) in [6.07, 6.45) is 8.70. The van der Waals surface area contributed by atoms with E-state index in [2.05, 4.69) is 47.2 Å².